The van der Waals surface area contributed by atoms with E-state index < -0.39 is 10.0 Å². The molecule has 0 saturated carbocycles. The summed E-state index contributed by atoms with van der Waals surface area (Å²) in [6.07, 6.45) is 7.67. The van der Waals surface area contributed by atoms with Gasteiger partial charge in [0.2, 0.25) is 0 Å². The average Bonchev–Trinajstić information content (AvgIpc) is 3.02. The Balaban J connectivity index is 1.55. The Labute approximate surface area is 146 Å². The van der Waals surface area contributed by atoms with Crippen LogP contribution < -0.4 is 4.74 Å². The molecule has 2 aromatic rings. The number of halogens is 1. The van der Waals surface area contributed by atoms with E-state index in [0.29, 0.717) is 36.4 Å². The Bertz CT molecular complexity index is 801. The van der Waals surface area contributed by atoms with Gasteiger partial charge in [-0.05, 0) is 18.8 Å². The average molecular weight is 371 g/mol. The largest absolute Gasteiger partial charge is 0.492 e. The van der Waals surface area contributed by atoms with E-state index >= 15 is 0 Å². The topological polar surface area (TPSA) is 77.3 Å². The fourth-order valence-corrected chi connectivity index (χ4v) is 4.27. The summed E-state index contributed by atoms with van der Waals surface area (Å²) in [6, 6.07) is 1.73. The minimum Gasteiger partial charge on any atom is -0.492 e. The molecule has 1 fully saturated rings. The van der Waals surface area contributed by atoms with Gasteiger partial charge in [0.05, 0.1) is 12.9 Å². The summed E-state index contributed by atoms with van der Waals surface area (Å²) in [5.74, 6) is 0.902. The van der Waals surface area contributed by atoms with Crippen LogP contribution in [0.5, 0.6) is 5.75 Å². The van der Waals surface area contributed by atoms with Gasteiger partial charge in [-0.3, -0.25) is 4.98 Å². The first-order chi connectivity index (χ1) is 11.5. The molecule has 2 aromatic heterocycles. The zero-order valence-electron chi connectivity index (χ0n) is 13.3. The third-order valence-electron chi connectivity index (χ3n) is 4.07. The van der Waals surface area contributed by atoms with Gasteiger partial charge in [-0.15, -0.1) is 0 Å². The maximum absolute atomic E-state index is 12.5. The second kappa shape index (κ2) is 7.08. The molecule has 130 valence electrons. The number of hydrogen-bond donors (Lipinski definition) is 0. The van der Waals surface area contributed by atoms with Crippen LogP contribution in [0.25, 0.3) is 0 Å². The summed E-state index contributed by atoms with van der Waals surface area (Å²) >= 11 is 6.01. The minimum atomic E-state index is -3.51. The van der Waals surface area contributed by atoms with E-state index in [4.69, 9.17) is 16.3 Å². The molecular formula is C15H19ClN4O3S. The van der Waals surface area contributed by atoms with Gasteiger partial charge < -0.3 is 9.30 Å². The van der Waals surface area contributed by atoms with Gasteiger partial charge in [-0.1, -0.05) is 11.6 Å². The summed E-state index contributed by atoms with van der Waals surface area (Å²) in [6.45, 7) is 1.45. The Morgan fingerprint density at radius 3 is 2.75 bits per heavy atom. The molecule has 1 aliphatic rings. The van der Waals surface area contributed by atoms with Crippen LogP contribution in [0.1, 0.15) is 12.8 Å². The molecule has 0 radical (unpaired) electrons. The third kappa shape index (κ3) is 3.71. The second-order valence-corrected chi connectivity index (χ2v) is 8.13. The highest BCUT2D eigenvalue weighted by molar-refractivity contribution is 7.89. The summed E-state index contributed by atoms with van der Waals surface area (Å²) in [7, 11) is -1.76. The molecule has 0 unspecified atom stereocenters. The summed E-state index contributed by atoms with van der Waals surface area (Å²) in [4.78, 5) is 7.87. The zero-order valence-corrected chi connectivity index (χ0v) is 14.9. The maximum Gasteiger partial charge on any atom is 0.262 e. The van der Waals surface area contributed by atoms with Gasteiger partial charge in [-0.25, -0.2) is 13.4 Å². The molecule has 0 aliphatic carbocycles. The molecule has 0 atom stereocenters. The van der Waals surface area contributed by atoms with Crippen molar-refractivity contribution >= 4 is 21.6 Å². The number of ether oxygens (including phenoxy) is 1. The fraction of sp³-hybridized carbons (Fsp3) is 0.467. The van der Waals surface area contributed by atoms with Crippen LogP contribution in [-0.4, -0.2) is 47.0 Å². The van der Waals surface area contributed by atoms with Gasteiger partial charge in [0, 0.05) is 44.8 Å². The number of hydrogen-bond acceptors (Lipinski definition) is 5. The van der Waals surface area contributed by atoms with E-state index in [1.165, 1.54) is 16.8 Å². The van der Waals surface area contributed by atoms with E-state index in [0.717, 1.165) is 12.8 Å². The van der Waals surface area contributed by atoms with Crippen LogP contribution in [0.2, 0.25) is 5.02 Å². The Kier molecular flexibility index (Phi) is 5.07. The summed E-state index contributed by atoms with van der Waals surface area (Å²) in [5.41, 5.74) is 0. The van der Waals surface area contributed by atoms with Crippen molar-refractivity contribution in [3.8, 4) is 5.75 Å². The van der Waals surface area contributed by atoms with Crippen LogP contribution in [-0.2, 0) is 17.1 Å². The van der Waals surface area contributed by atoms with Gasteiger partial charge in [0.1, 0.15) is 10.8 Å². The number of imidazole rings is 1. The monoisotopic (exact) mass is 370 g/mol. The van der Waals surface area contributed by atoms with Crippen LogP contribution in [0.3, 0.4) is 0 Å². The maximum atomic E-state index is 12.5. The van der Waals surface area contributed by atoms with Crippen LogP contribution in [0.15, 0.2) is 36.0 Å². The number of nitrogens with zero attached hydrogens (tertiary/aromatic N) is 4. The number of aromatic nitrogens is 3. The molecule has 0 bridgehead atoms. The van der Waals surface area contributed by atoms with Gasteiger partial charge in [0.15, 0.2) is 5.03 Å². The van der Waals surface area contributed by atoms with E-state index in [-0.39, 0.29) is 5.03 Å². The number of pyridine rings is 1. The fourth-order valence-electron chi connectivity index (χ4n) is 2.66. The molecule has 0 aromatic carbocycles. The summed E-state index contributed by atoms with van der Waals surface area (Å²) < 4.78 is 33.9. The van der Waals surface area contributed by atoms with Crippen molar-refractivity contribution in [2.75, 3.05) is 19.7 Å². The van der Waals surface area contributed by atoms with Crippen molar-refractivity contribution in [3.63, 3.8) is 0 Å². The van der Waals surface area contributed by atoms with Crippen molar-refractivity contribution in [3.05, 3.63) is 36.0 Å². The lowest BCUT2D eigenvalue weighted by Gasteiger charge is -2.30. The van der Waals surface area contributed by atoms with E-state index in [2.05, 4.69) is 9.97 Å². The Hall–Kier alpha value is -1.64. The summed E-state index contributed by atoms with van der Waals surface area (Å²) in [5, 5.41) is 0.580. The predicted octanol–water partition coefficient (Wildman–Crippen LogP) is 1.95. The molecule has 1 aliphatic heterocycles. The number of rotatable bonds is 5. The lowest BCUT2D eigenvalue weighted by Crippen LogP contribution is -2.39. The predicted molar refractivity (Wildman–Crippen MR) is 89.4 cm³/mol. The quantitative estimate of drug-likeness (QED) is 0.803. The van der Waals surface area contributed by atoms with Gasteiger partial charge >= 0.3 is 0 Å². The molecule has 9 heteroatoms. The minimum absolute atomic E-state index is 0.100. The van der Waals surface area contributed by atoms with Crippen molar-refractivity contribution in [1.82, 2.24) is 18.8 Å². The molecule has 0 amide bonds. The lowest BCUT2D eigenvalue weighted by atomic mass is 9.99. The van der Waals surface area contributed by atoms with Gasteiger partial charge in [0.25, 0.3) is 10.0 Å². The molecule has 0 N–H and O–H groups in total. The first-order valence-electron chi connectivity index (χ1n) is 7.67. The van der Waals surface area contributed by atoms with Gasteiger partial charge in [-0.2, -0.15) is 4.31 Å². The normalized spacial score (nSPS) is 17.1. The first kappa shape index (κ1) is 17.2. The number of piperidine rings is 1. The van der Waals surface area contributed by atoms with Crippen molar-refractivity contribution in [2.24, 2.45) is 13.0 Å². The molecule has 24 heavy (non-hydrogen) atoms. The molecule has 0 spiro atoms. The van der Waals surface area contributed by atoms with Crippen LogP contribution in [0, 0.1) is 5.92 Å². The molecule has 3 rings (SSSR count). The highest BCUT2D eigenvalue weighted by Gasteiger charge is 2.31. The standard InChI is InChI=1S/C15H19ClN4O3S/c1-19-9-15(18-11-19)24(21,22)20-6-3-12(4-7-20)10-23-14-2-5-17-8-13(14)16/h2,5,8-9,11-12H,3-4,6-7,10H2,1H3. The molecule has 7 nitrogen and oxygen atoms in total. The highest BCUT2D eigenvalue weighted by Crippen LogP contribution is 2.26. The Morgan fingerprint density at radius 1 is 1.38 bits per heavy atom. The van der Waals surface area contributed by atoms with Crippen molar-refractivity contribution in [1.29, 1.82) is 0 Å². The highest BCUT2D eigenvalue weighted by atomic mass is 35.5. The lowest BCUT2D eigenvalue weighted by molar-refractivity contribution is 0.185. The van der Waals surface area contributed by atoms with E-state index in [1.54, 1.807) is 30.1 Å². The smallest absolute Gasteiger partial charge is 0.262 e. The zero-order chi connectivity index (χ0) is 17.2. The number of aryl methyl sites for hydroxylation is 1. The van der Waals surface area contributed by atoms with Crippen molar-refractivity contribution < 1.29 is 13.2 Å². The SMILES string of the molecule is Cn1cnc(S(=O)(=O)N2CCC(COc3ccncc3Cl)CC2)c1. The molecule has 1 saturated heterocycles. The third-order valence-corrected chi connectivity index (χ3v) is 6.14. The van der Waals surface area contributed by atoms with Crippen LogP contribution in [0.4, 0.5) is 0 Å². The van der Waals surface area contributed by atoms with Crippen LogP contribution >= 0.6 is 11.6 Å². The van der Waals surface area contributed by atoms with E-state index in [1.807, 2.05) is 0 Å². The van der Waals surface area contributed by atoms with Crippen molar-refractivity contribution in [2.45, 2.75) is 17.9 Å². The van der Waals surface area contributed by atoms with E-state index in [9.17, 15) is 8.42 Å². The Morgan fingerprint density at radius 2 is 2.12 bits per heavy atom. The second-order valence-electron chi connectivity index (χ2n) is 5.84. The first-order valence-corrected chi connectivity index (χ1v) is 9.49. The molecular weight excluding hydrogens is 352 g/mol. The molecule has 3 heterocycles. The number of sulfonamides is 1.